The van der Waals surface area contributed by atoms with Crippen LogP contribution in [0, 0.1) is 0 Å². The second kappa shape index (κ2) is 11.5. The van der Waals surface area contributed by atoms with Crippen LogP contribution in [0.5, 0.6) is 0 Å². The van der Waals surface area contributed by atoms with Crippen LogP contribution < -0.4 is 25.6 Å². The number of hydrogen-bond acceptors (Lipinski definition) is 2. The Kier molecular flexibility index (Phi) is 6.65. The molecule has 8 aromatic carbocycles. The third-order valence-electron chi connectivity index (χ3n) is 12.1. The summed E-state index contributed by atoms with van der Waals surface area (Å²) >= 11 is 0. The summed E-state index contributed by atoms with van der Waals surface area (Å²) in [6.07, 6.45) is 0. The van der Waals surface area contributed by atoms with Gasteiger partial charge in [-0.15, -0.1) is 0 Å². The Morgan fingerprint density at radius 1 is 0.481 bits per heavy atom. The average molecular weight is 708 g/mol. The van der Waals surface area contributed by atoms with E-state index >= 15 is 0 Å². The second-order valence-corrected chi connectivity index (χ2v) is 18.9. The summed E-state index contributed by atoms with van der Waals surface area (Å²) in [5.74, 6) is 0. The first-order valence-electron chi connectivity index (χ1n) is 18.9. The third kappa shape index (κ3) is 4.16. The van der Waals surface area contributed by atoms with Crippen molar-refractivity contribution in [1.82, 2.24) is 0 Å². The molecule has 0 bridgehead atoms. The molecule has 0 saturated heterocycles. The molecule has 0 amide bonds. The van der Waals surface area contributed by atoms with Crippen molar-refractivity contribution >= 4 is 67.8 Å². The van der Waals surface area contributed by atoms with Crippen LogP contribution in [0.1, 0.15) is 25.0 Å². The first kappa shape index (κ1) is 31.1. The highest BCUT2D eigenvalue weighted by Crippen LogP contribution is 2.54. The molecule has 0 atom stereocenters. The SMILES string of the molecule is CC1(C)c2ccccc2-c2cccc(N(c3ccccc3)c3ccc4c(c3)[Si](c3ccccc3)(c3ccccc3)c3ccc5c(oc6ccccc65)c3-4)c21. The topological polar surface area (TPSA) is 16.4 Å². The first-order chi connectivity index (χ1) is 26.6. The van der Waals surface area contributed by atoms with Crippen molar-refractivity contribution in [3.05, 3.63) is 199 Å². The lowest BCUT2D eigenvalue weighted by molar-refractivity contribution is 0.661. The van der Waals surface area contributed by atoms with Gasteiger partial charge in [-0.1, -0.05) is 166 Å². The number of benzene rings is 8. The van der Waals surface area contributed by atoms with Crippen LogP contribution in [-0.2, 0) is 5.41 Å². The summed E-state index contributed by atoms with van der Waals surface area (Å²) in [6.45, 7) is 4.76. The summed E-state index contributed by atoms with van der Waals surface area (Å²) in [6, 6.07) is 69.6. The fourth-order valence-corrected chi connectivity index (χ4v) is 15.1. The standard InChI is InChI=1S/C51H37NOSi/c1-51(2)43-26-14-12-23-38(43)40-25-16-27-44(49(40)51)52(34-17-6-3-7-18-34)35-29-30-42-47(33-35)54(36-19-8-4-9-20-36,37-21-10-5-11-22-37)46-32-31-41-39-24-13-15-28-45(39)53-50(41)48(42)46/h3-33H,1-2H3. The average Bonchev–Trinajstić information content (AvgIpc) is 3.83. The number of fused-ring (bicyclic) bond motifs is 10. The van der Waals surface area contributed by atoms with E-state index < -0.39 is 8.07 Å². The van der Waals surface area contributed by atoms with Crippen LogP contribution in [-0.4, -0.2) is 8.07 Å². The zero-order chi connectivity index (χ0) is 36.0. The van der Waals surface area contributed by atoms with E-state index in [1.165, 1.54) is 59.8 Å². The van der Waals surface area contributed by atoms with Gasteiger partial charge in [-0.05, 0) is 85.0 Å². The Labute approximate surface area is 316 Å². The van der Waals surface area contributed by atoms with Crippen LogP contribution in [0.2, 0.25) is 0 Å². The fraction of sp³-hybridized carbons (Fsp3) is 0.0588. The summed E-state index contributed by atoms with van der Waals surface area (Å²) in [4.78, 5) is 2.50. The maximum atomic E-state index is 6.85. The zero-order valence-electron chi connectivity index (χ0n) is 30.3. The van der Waals surface area contributed by atoms with Gasteiger partial charge in [0.05, 0.1) is 5.69 Å². The molecule has 0 N–H and O–H groups in total. The molecule has 1 aromatic heterocycles. The van der Waals surface area contributed by atoms with Crippen LogP contribution in [0.4, 0.5) is 17.1 Å². The maximum Gasteiger partial charge on any atom is 0.181 e. The number of anilines is 3. The van der Waals surface area contributed by atoms with Crippen LogP contribution in [0.15, 0.2) is 192 Å². The van der Waals surface area contributed by atoms with Crippen molar-refractivity contribution in [2.24, 2.45) is 0 Å². The normalized spacial score (nSPS) is 14.4. The van der Waals surface area contributed by atoms with Crippen molar-refractivity contribution in [2.75, 3.05) is 4.90 Å². The summed E-state index contributed by atoms with van der Waals surface area (Å²) < 4.78 is 6.85. The molecule has 9 aromatic rings. The summed E-state index contributed by atoms with van der Waals surface area (Å²) in [5.41, 5.74) is 13.1. The Morgan fingerprint density at radius 2 is 1.13 bits per heavy atom. The molecular weight excluding hydrogens is 671 g/mol. The molecule has 11 rings (SSSR count). The Morgan fingerprint density at radius 3 is 1.89 bits per heavy atom. The van der Waals surface area contributed by atoms with Gasteiger partial charge in [0.25, 0.3) is 0 Å². The number of hydrogen-bond donors (Lipinski definition) is 0. The largest absolute Gasteiger partial charge is 0.455 e. The Hall–Kier alpha value is -6.42. The van der Waals surface area contributed by atoms with Gasteiger partial charge in [0.15, 0.2) is 8.07 Å². The molecule has 0 radical (unpaired) electrons. The van der Waals surface area contributed by atoms with E-state index in [1.807, 2.05) is 0 Å². The minimum absolute atomic E-state index is 0.179. The number of furan rings is 1. The minimum Gasteiger partial charge on any atom is -0.455 e. The summed E-state index contributed by atoms with van der Waals surface area (Å²) in [7, 11) is -2.86. The smallest absolute Gasteiger partial charge is 0.181 e. The molecule has 0 unspecified atom stereocenters. The van der Waals surface area contributed by atoms with E-state index in [-0.39, 0.29) is 5.41 Å². The highest BCUT2D eigenvalue weighted by Gasteiger charge is 2.50. The molecule has 54 heavy (non-hydrogen) atoms. The lowest BCUT2D eigenvalue weighted by atomic mass is 9.81. The first-order valence-corrected chi connectivity index (χ1v) is 20.9. The molecule has 2 nitrogen and oxygen atoms in total. The van der Waals surface area contributed by atoms with Gasteiger partial charge in [-0.3, -0.25) is 0 Å². The van der Waals surface area contributed by atoms with Crippen molar-refractivity contribution in [3.8, 4) is 22.3 Å². The molecule has 0 spiro atoms. The Bertz CT molecular complexity index is 2870. The van der Waals surface area contributed by atoms with E-state index in [9.17, 15) is 0 Å². The van der Waals surface area contributed by atoms with E-state index in [4.69, 9.17) is 4.42 Å². The predicted molar refractivity (Wildman–Crippen MR) is 229 cm³/mol. The van der Waals surface area contributed by atoms with Gasteiger partial charge < -0.3 is 9.32 Å². The van der Waals surface area contributed by atoms with Gasteiger partial charge in [0.2, 0.25) is 0 Å². The van der Waals surface area contributed by atoms with Crippen molar-refractivity contribution in [2.45, 2.75) is 19.3 Å². The van der Waals surface area contributed by atoms with Gasteiger partial charge in [0.1, 0.15) is 11.2 Å². The molecule has 3 heteroatoms. The van der Waals surface area contributed by atoms with E-state index in [0.29, 0.717) is 0 Å². The van der Waals surface area contributed by atoms with E-state index in [2.05, 4.69) is 207 Å². The zero-order valence-corrected chi connectivity index (χ0v) is 31.3. The van der Waals surface area contributed by atoms with Crippen LogP contribution in [0.25, 0.3) is 44.2 Å². The molecule has 1 aliphatic carbocycles. The molecule has 2 aliphatic rings. The van der Waals surface area contributed by atoms with Crippen molar-refractivity contribution in [3.63, 3.8) is 0 Å². The molecule has 0 saturated carbocycles. The molecular formula is C51H37NOSi. The third-order valence-corrected chi connectivity index (χ3v) is 17.0. The second-order valence-electron chi connectivity index (χ2n) is 15.2. The van der Waals surface area contributed by atoms with E-state index in [1.54, 1.807) is 0 Å². The van der Waals surface area contributed by atoms with Crippen LogP contribution >= 0.6 is 0 Å². The number of rotatable bonds is 5. The van der Waals surface area contributed by atoms with Crippen molar-refractivity contribution in [1.29, 1.82) is 0 Å². The lowest BCUT2D eigenvalue weighted by Gasteiger charge is -2.34. The monoisotopic (exact) mass is 707 g/mol. The molecule has 256 valence electrons. The summed E-state index contributed by atoms with van der Waals surface area (Å²) in [5, 5.41) is 7.82. The van der Waals surface area contributed by atoms with Crippen molar-refractivity contribution < 1.29 is 4.42 Å². The molecule has 0 fully saturated rings. The molecule has 1 aliphatic heterocycles. The van der Waals surface area contributed by atoms with Crippen LogP contribution in [0.3, 0.4) is 0 Å². The minimum atomic E-state index is -2.86. The van der Waals surface area contributed by atoms with Gasteiger partial charge >= 0.3 is 0 Å². The maximum absolute atomic E-state index is 6.85. The fourth-order valence-electron chi connectivity index (χ4n) is 9.89. The lowest BCUT2D eigenvalue weighted by Crippen LogP contribution is -2.72. The van der Waals surface area contributed by atoms with Gasteiger partial charge in [0, 0.05) is 33.1 Å². The number of para-hydroxylation sites is 2. The number of nitrogens with zero attached hydrogens (tertiary/aromatic N) is 1. The highest BCUT2D eigenvalue weighted by atomic mass is 28.3. The Balaban J connectivity index is 1.24. The van der Waals surface area contributed by atoms with Gasteiger partial charge in [-0.25, -0.2) is 0 Å². The quantitative estimate of drug-likeness (QED) is 0.166. The van der Waals surface area contributed by atoms with E-state index in [0.717, 1.165) is 33.3 Å². The molecule has 2 heterocycles. The predicted octanol–water partition coefficient (Wildman–Crippen LogP) is 10.7. The van der Waals surface area contributed by atoms with Gasteiger partial charge in [-0.2, -0.15) is 0 Å². The highest BCUT2D eigenvalue weighted by molar-refractivity contribution is 7.22.